The van der Waals surface area contributed by atoms with Gasteiger partial charge in [-0.15, -0.1) is 0 Å². The lowest BCUT2D eigenvalue weighted by Crippen LogP contribution is -2.62. The third-order valence-corrected chi connectivity index (χ3v) is 4.37. The van der Waals surface area contributed by atoms with Crippen LogP contribution in [-0.4, -0.2) is 37.2 Å². The minimum Gasteiger partial charge on any atom is -0.493 e. The summed E-state index contributed by atoms with van der Waals surface area (Å²) in [4.78, 5) is 12.3. The largest absolute Gasteiger partial charge is 0.493 e. The molecule has 5 nitrogen and oxygen atoms in total. The highest BCUT2D eigenvalue weighted by atomic mass is 16.5. The van der Waals surface area contributed by atoms with Crippen LogP contribution in [0, 0.1) is 0 Å². The van der Waals surface area contributed by atoms with Gasteiger partial charge in [-0.1, -0.05) is 6.07 Å². The summed E-state index contributed by atoms with van der Waals surface area (Å²) < 4.78 is 10.5. The first-order chi connectivity index (χ1) is 11.6. The van der Waals surface area contributed by atoms with Crippen molar-refractivity contribution in [3.05, 3.63) is 29.8 Å². The van der Waals surface area contributed by atoms with Crippen LogP contribution in [-0.2, 0) is 4.79 Å². The second-order valence-corrected chi connectivity index (χ2v) is 7.95. The number of hydrogen-bond donors (Lipinski definition) is 2. The van der Waals surface area contributed by atoms with Crippen molar-refractivity contribution in [2.45, 2.75) is 57.7 Å². The molecule has 138 valence electrons. The molecule has 0 aliphatic carbocycles. The number of piperidine rings is 1. The molecule has 5 heteroatoms. The molecule has 0 unspecified atom stereocenters. The van der Waals surface area contributed by atoms with Crippen LogP contribution in [0.25, 0.3) is 6.08 Å². The molecule has 1 amide bonds. The van der Waals surface area contributed by atoms with Gasteiger partial charge in [0, 0.05) is 23.2 Å². The van der Waals surface area contributed by atoms with Crippen LogP contribution in [0.2, 0.25) is 0 Å². The fourth-order valence-electron chi connectivity index (χ4n) is 3.80. The van der Waals surface area contributed by atoms with Gasteiger partial charge >= 0.3 is 0 Å². The maximum atomic E-state index is 12.3. The van der Waals surface area contributed by atoms with E-state index in [9.17, 15) is 4.79 Å². The maximum Gasteiger partial charge on any atom is 0.244 e. The number of carbonyl (C=O) groups excluding carboxylic acids is 1. The lowest BCUT2D eigenvalue weighted by Gasteiger charge is -2.46. The van der Waals surface area contributed by atoms with Crippen LogP contribution in [0.5, 0.6) is 11.5 Å². The first-order valence-electron chi connectivity index (χ1n) is 8.64. The van der Waals surface area contributed by atoms with E-state index in [-0.39, 0.29) is 23.0 Å². The van der Waals surface area contributed by atoms with E-state index in [1.54, 1.807) is 26.4 Å². The average molecular weight is 346 g/mol. The molecular formula is C20H30N2O3. The summed E-state index contributed by atoms with van der Waals surface area (Å²) in [5.41, 5.74) is 0.901. The van der Waals surface area contributed by atoms with Crippen molar-refractivity contribution in [1.82, 2.24) is 10.6 Å². The molecule has 2 rings (SSSR count). The molecule has 1 aromatic rings. The highest BCUT2D eigenvalue weighted by Gasteiger charge is 2.37. The zero-order valence-electron chi connectivity index (χ0n) is 16.1. The van der Waals surface area contributed by atoms with Gasteiger partial charge in [0.25, 0.3) is 0 Å². The van der Waals surface area contributed by atoms with E-state index < -0.39 is 0 Å². The van der Waals surface area contributed by atoms with E-state index in [1.165, 1.54) is 0 Å². The lowest BCUT2D eigenvalue weighted by molar-refractivity contribution is -0.117. The van der Waals surface area contributed by atoms with Crippen molar-refractivity contribution in [3.63, 3.8) is 0 Å². The normalized spacial score (nSPS) is 19.6. The molecule has 1 aromatic carbocycles. The standard InChI is InChI=1S/C20H30N2O3/c1-19(2)12-15(13-20(3,4)22-19)21-18(23)10-8-14-7-9-16(24-5)17(11-14)25-6/h7-11,15,22H,12-13H2,1-6H3,(H,21,23)/b10-8+. The molecule has 25 heavy (non-hydrogen) atoms. The third-order valence-electron chi connectivity index (χ3n) is 4.37. The summed E-state index contributed by atoms with van der Waals surface area (Å²) in [5, 5.41) is 6.75. The molecule has 0 radical (unpaired) electrons. The second-order valence-electron chi connectivity index (χ2n) is 7.95. The van der Waals surface area contributed by atoms with E-state index in [0.717, 1.165) is 18.4 Å². The van der Waals surface area contributed by atoms with Crippen molar-refractivity contribution in [2.24, 2.45) is 0 Å². The Morgan fingerprint density at radius 1 is 1.12 bits per heavy atom. The Bertz CT molecular complexity index is 634. The minimum absolute atomic E-state index is 0.00671. The quantitative estimate of drug-likeness (QED) is 0.804. The topological polar surface area (TPSA) is 59.6 Å². The first kappa shape index (κ1) is 19.3. The van der Waals surface area contributed by atoms with Gasteiger partial charge in [-0.2, -0.15) is 0 Å². The average Bonchev–Trinajstić information content (AvgIpc) is 2.49. The zero-order chi connectivity index (χ0) is 18.7. The molecule has 0 bridgehead atoms. The van der Waals surface area contributed by atoms with Gasteiger partial charge in [0.05, 0.1) is 14.2 Å². The van der Waals surface area contributed by atoms with Crippen molar-refractivity contribution in [1.29, 1.82) is 0 Å². The second kappa shape index (κ2) is 7.48. The first-order valence-corrected chi connectivity index (χ1v) is 8.64. The van der Waals surface area contributed by atoms with Gasteiger partial charge in [0.2, 0.25) is 5.91 Å². The smallest absolute Gasteiger partial charge is 0.244 e. The summed E-state index contributed by atoms with van der Waals surface area (Å²) in [6.45, 7) is 8.69. The predicted octanol–water partition coefficient (Wildman–Crippen LogP) is 3.14. The fraction of sp³-hybridized carbons (Fsp3) is 0.550. The zero-order valence-corrected chi connectivity index (χ0v) is 16.1. The van der Waals surface area contributed by atoms with E-state index in [0.29, 0.717) is 11.5 Å². The number of methoxy groups -OCH3 is 2. The molecule has 0 saturated carbocycles. The highest BCUT2D eigenvalue weighted by Crippen LogP contribution is 2.29. The molecule has 1 aliphatic heterocycles. The summed E-state index contributed by atoms with van der Waals surface area (Å²) >= 11 is 0. The van der Waals surface area contributed by atoms with Gasteiger partial charge in [-0.25, -0.2) is 0 Å². The number of nitrogens with one attached hydrogen (secondary N) is 2. The Hall–Kier alpha value is -2.01. The molecular weight excluding hydrogens is 316 g/mol. The van der Waals surface area contributed by atoms with Crippen molar-refractivity contribution < 1.29 is 14.3 Å². The van der Waals surface area contributed by atoms with Crippen molar-refractivity contribution in [2.75, 3.05) is 14.2 Å². The Labute approximate surface area is 150 Å². The van der Waals surface area contributed by atoms with Crippen LogP contribution >= 0.6 is 0 Å². The lowest BCUT2D eigenvalue weighted by atomic mass is 9.79. The third kappa shape index (κ3) is 5.49. The number of benzene rings is 1. The summed E-state index contributed by atoms with van der Waals surface area (Å²) in [7, 11) is 3.20. The SMILES string of the molecule is COc1ccc(/C=C/C(=O)NC2CC(C)(C)NC(C)(C)C2)cc1OC. The van der Waals surface area contributed by atoms with Gasteiger partial charge in [0.15, 0.2) is 11.5 Å². The van der Waals surface area contributed by atoms with E-state index >= 15 is 0 Å². The van der Waals surface area contributed by atoms with Crippen LogP contribution in [0.3, 0.4) is 0 Å². The van der Waals surface area contributed by atoms with Crippen molar-refractivity contribution >= 4 is 12.0 Å². The van der Waals surface area contributed by atoms with E-state index in [4.69, 9.17) is 9.47 Å². The van der Waals surface area contributed by atoms with Crippen LogP contribution in [0.15, 0.2) is 24.3 Å². The van der Waals surface area contributed by atoms with Crippen molar-refractivity contribution in [3.8, 4) is 11.5 Å². The van der Waals surface area contributed by atoms with Crippen LogP contribution in [0.1, 0.15) is 46.1 Å². The van der Waals surface area contributed by atoms with Gasteiger partial charge < -0.3 is 20.1 Å². The molecule has 1 heterocycles. The summed E-state index contributed by atoms with van der Waals surface area (Å²) in [6, 6.07) is 5.73. The van der Waals surface area contributed by atoms with Gasteiger partial charge in [-0.3, -0.25) is 4.79 Å². The molecule has 0 atom stereocenters. The van der Waals surface area contributed by atoms with Gasteiger partial charge in [-0.05, 0) is 64.3 Å². The Balaban J connectivity index is 2.01. The Morgan fingerprint density at radius 2 is 1.72 bits per heavy atom. The number of ether oxygens (including phenoxy) is 2. The summed E-state index contributed by atoms with van der Waals surface area (Å²) in [6.07, 6.45) is 5.18. The number of rotatable bonds is 5. The molecule has 2 N–H and O–H groups in total. The van der Waals surface area contributed by atoms with Gasteiger partial charge in [0.1, 0.15) is 0 Å². The highest BCUT2D eigenvalue weighted by molar-refractivity contribution is 5.92. The predicted molar refractivity (Wildman–Crippen MR) is 101 cm³/mol. The molecule has 1 aliphatic rings. The minimum atomic E-state index is -0.0757. The van der Waals surface area contributed by atoms with E-state index in [1.807, 2.05) is 18.2 Å². The summed E-state index contributed by atoms with van der Waals surface area (Å²) in [5.74, 6) is 1.24. The number of hydrogen-bond acceptors (Lipinski definition) is 4. The van der Waals surface area contributed by atoms with Crippen LogP contribution < -0.4 is 20.1 Å². The fourth-order valence-corrected chi connectivity index (χ4v) is 3.80. The Morgan fingerprint density at radius 3 is 2.28 bits per heavy atom. The molecule has 1 saturated heterocycles. The Kier molecular flexibility index (Phi) is 5.78. The van der Waals surface area contributed by atoms with Crippen LogP contribution in [0.4, 0.5) is 0 Å². The molecule has 0 aromatic heterocycles. The monoisotopic (exact) mass is 346 g/mol. The number of amides is 1. The molecule has 1 fully saturated rings. The van der Waals surface area contributed by atoms with E-state index in [2.05, 4.69) is 38.3 Å². The maximum absolute atomic E-state index is 12.3. The molecule has 0 spiro atoms. The number of carbonyl (C=O) groups is 1.